The monoisotopic (exact) mass is 357 g/mol. The van der Waals surface area contributed by atoms with Crippen LogP contribution in [0.1, 0.15) is 50.1 Å². The van der Waals surface area contributed by atoms with Gasteiger partial charge in [0.1, 0.15) is 0 Å². The summed E-state index contributed by atoms with van der Waals surface area (Å²) in [5.41, 5.74) is 1.39. The Bertz CT molecular complexity index is 722. The Hall–Kier alpha value is -1.89. The van der Waals surface area contributed by atoms with Crippen LogP contribution in [0.15, 0.2) is 35.5 Å². The number of nitrogens with zero attached hydrogens (tertiary/aromatic N) is 5. The van der Waals surface area contributed by atoms with Gasteiger partial charge in [-0.3, -0.25) is 4.79 Å². The summed E-state index contributed by atoms with van der Waals surface area (Å²) in [7, 11) is 0. The topological polar surface area (TPSA) is 63.9 Å². The zero-order chi connectivity index (χ0) is 17.2. The van der Waals surface area contributed by atoms with E-state index in [-0.39, 0.29) is 11.2 Å². The highest BCUT2D eigenvalue weighted by Crippen LogP contribution is 2.37. The van der Waals surface area contributed by atoms with Crippen molar-refractivity contribution in [3.8, 4) is 0 Å². The molecular weight excluding hydrogens is 334 g/mol. The number of amides is 1. The van der Waals surface area contributed by atoms with Gasteiger partial charge in [0, 0.05) is 13.1 Å². The van der Waals surface area contributed by atoms with E-state index in [1.54, 1.807) is 0 Å². The Morgan fingerprint density at radius 2 is 1.88 bits per heavy atom. The van der Waals surface area contributed by atoms with Crippen molar-refractivity contribution in [3.05, 3.63) is 35.9 Å². The molecule has 1 saturated carbocycles. The van der Waals surface area contributed by atoms with Crippen LogP contribution in [0.2, 0.25) is 0 Å². The van der Waals surface area contributed by atoms with Gasteiger partial charge in [-0.05, 0) is 54.5 Å². The lowest BCUT2D eigenvalue weighted by atomic mass is 9.89. The molecule has 0 spiro atoms. The van der Waals surface area contributed by atoms with Crippen molar-refractivity contribution in [2.75, 3.05) is 13.1 Å². The Balaban J connectivity index is 1.33. The van der Waals surface area contributed by atoms with Gasteiger partial charge in [0.25, 0.3) is 0 Å². The number of rotatable bonds is 5. The Morgan fingerprint density at radius 1 is 1.16 bits per heavy atom. The molecule has 1 aliphatic carbocycles. The third-order valence-electron chi connectivity index (χ3n) is 5.06. The summed E-state index contributed by atoms with van der Waals surface area (Å²) in [6.45, 7) is 3.62. The number of piperidine rings is 1. The lowest BCUT2D eigenvalue weighted by Crippen LogP contribution is -2.41. The molecule has 0 bridgehead atoms. The van der Waals surface area contributed by atoms with Crippen LogP contribution in [0.5, 0.6) is 0 Å². The fraction of sp³-hybridized carbons (Fsp3) is 0.556. The summed E-state index contributed by atoms with van der Waals surface area (Å²) in [5, 5.41) is 12.5. The summed E-state index contributed by atoms with van der Waals surface area (Å²) in [6.07, 6.45) is 4.34. The minimum Gasteiger partial charge on any atom is -0.342 e. The number of carbonyl (C=O) groups excluding carboxylic acids is 1. The summed E-state index contributed by atoms with van der Waals surface area (Å²) < 4.78 is 1.87. The quantitative estimate of drug-likeness (QED) is 0.770. The lowest BCUT2D eigenvalue weighted by molar-refractivity contribution is -0.131. The summed E-state index contributed by atoms with van der Waals surface area (Å²) in [5.74, 6) is 0.761. The number of carbonyl (C=O) groups is 1. The molecule has 1 unspecified atom stereocenters. The fourth-order valence-electron chi connectivity index (χ4n) is 3.44. The molecule has 7 heteroatoms. The maximum absolute atomic E-state index is 12.8. The normalized spacial score (nSPS) is 19.8. The van der Waals surface area contributed by atoms with Crippen LogP contribution in [0.25, 0.3) is 0 Å². The van der Waals surface area contributed by atoms with Crippen LogP contribution < -0.4 is 0 Å². The molecular formula is C18H23N5OS. The Kier molecular flexibility index (Phi) is 4.74. The van der Waals surface area contributed by atoms with Gasteiger partial charge < -0.3 is 4.90 Å². The number of likely N-dealkylation sites (tertiary alicyclic amines) is 1. The molecule has 4 rings (SSSR count). The number of tetrazole rings is 1. The Morgan fingerprint density at radius 3 is 2.56 bits per heavy atom. The van der Waals surface area contributed by atoms with Gasteiger partial charge in [-0.1, -0.05) is 42.1 Å². The standard InChI is InChI=1S/C18H23N5OS/c1-13(25-18-19-20-21-23(18)16-7-8-16)17(24)22-11-9-15(10-12-22)14-5-3-2-4-6-14/h2-6,13,15-16H,7-12H2,1H3. The highest BCUT2D eigenvalue weighted by atomic mass is 32.2. The second-order valence-corrected chi connectivity index (χ2v) is 8.22. The molecule has 1 aromatic heterocycles. The van der Waals surface area contributed by atoms with Crippen LogP contribution in [-0.4, -0.2) is 49.4 Å². The number of thioether (sulfide) groups is 1. The van der Waals surface area contributed by atoms with E-state index in [0.717, 1.165) is 43.9 Å². The minimum atomic E-state index is -0.156. The predicted octanol–water partition coefficient (Wildman–Crippen LogP) is 2.89. The maximum Gasteiger partial charge on any atom is 0.235 e. The molecule has 2 fully saturated rings. The molecule has 1 atom stereocenters. The van der Waals surface area contributed by atoms with Crippen molar-refractivity contribution in [2.24, 2.45) is 0 Å². The second-order valence-electron chi connectivity index (χ2n) is 6.91. The number of benzene rings is 1. The van der Waals surface area contributed by atoms with Crippen molar-refractivity contribution < 1.29 is 4.79 Å². The summed E-state index contributed by atoms with van der Waals surface area (Å²) >= 11 is 1.48. The number of hydrogen-bond donors (Lipinski definition) is 0. The SMILES string of the molecule is CC(Sc1nnnn1C1CC1)C(=O)N1CCC(c2ccccc2)CC1. The molecule has 2 heterocycles. The largest absolute Gasteiger partial charge is 0.342 e. The van der Waals surface area contributed by atoms with Gasteiger partial charge in [0.15, 0.2) is 0 Å². The van der Waals surface area contributed by atoms with Crippen LogP contribution >= 0.6 is 11.8 Å². The van der Waals surface area contributed by atoms with Gasteiger partial charge in [-0.25, -0.2) is 4.68 Å². The molecule has 1 aliphatic heterocycles. The first-order valence-electron chi connectivity index (χ1n) is 9.00. The number of aromatic nitrogens is 4. The minimum absolute atomic E-state index is 0.156. The van der Waals surface area contributed by atoms with E-state index >= 15 is 0 Å². The van der Waals surface area contributed by atoms with Crippen LogP contribution in [0.3, 0.4) is 0 Å². The van der Waals surface area contributed by atoms with Crippen molar-refractivity contribution in [3.63, 3.8) is 0 Å². The molecule has 1 amide bonds. The molecule has 6 nitrogen and oxygen atoms in total. The fourth-order valence-corrected chi connectivity index (χ4v) is 4.38. The molecule has 2 aromatic rings. The van der Waals surface area contributed by atoms with E-state index in [4.69, 9.17) is 0 Å². The average Bonchev–Trinajstić information content (AvgIpc) is 3.41. The highest BCUT2D eigenvalue weighted by Gasteiger charge is 2.31. The summed E-state index contributed by atoms with van der Waals surface area (Å²) in [6, 6.07) is 11.1. The van der Waals surface area contributed by atoms with E-state index < -0.39 is 0 Å². The van der Waals surface area contributed by atoms with Crippen molar-refractivity contribution >= 4 is 17.7 Å². The zero-order valence-corrected chi connectivity index (χ0v) is 15.2. The maximum atomic E-state index is 12.8. The molecule has 1 aromatic carbocycles. The summed E-state index contributed by atoms with van der Waals surface area (Å²) in [4.78, 5) is 14.8. The third-order valence-corrected chi connectivity index (χ3v) is 6.10. The van der Waals surface area contributed by atoms with Crippen molar-refractivity contribution in [1.82, 2.24) is 25.1 Å². The van der Waals surface area contributed by atoms with Crippen LogP contribution in [-0.2, 0) is 4.79 Å². The molecule has 0 radical (unpaired) electrons. The smallest absolute Gasteiger partial charge is 0.235 e. The van der Waals surface area contributed by atoms with Crippen molar-refractivity contribution in [2.45, 2.75) is 55.0 Å². The third kappa shape index (κ3) is 3.71. The molecule has 0 N–H and O–H groups in total. The van der Waals surface area contributed by atoms with E-state index in [0.29, 0.717) is 12.0 Å². The van der Waals surface area contributed by atoms with Gasteiger partial charge in [0.2, 0.25) is 11.1 Å². The van der Waals surface area contributed by atoms with E-state index in [1.807, 2.05) is 16.5 Å². The van der Waals surface area contributed by atoms with Gasteiger partial charge in [-0.15, -0.1) is 5.10 Å². The Labute approximate surface area is 152 Å². The first-order valence-corrected chi connectivity index (χ1v) is 9.88. The molecule has 132 valence electrons. The second kappa shape index (κ2) is 7.15. The first kappa shape index (κ1) is 16.6. The average molecular weight is 357 g/mol. The molecule has 25 heavy (non-hydrogen) atoms. The predicted molar refractivity (Wildman–Crippen MR) is 96.4 cm³/mol. The van der Waals surface area contributed by atoms with Crippen LogP contribution in [0.4, 0.5) is 0 Å². The van der Waals surface area contributed by atoms with Crippen LogP contribution in [0, 0.1) is 0 Å². The van der Waals surface area contributed by atoms with Gasteiger partial charge in [0.05, 0.1) is 11.3 Å². The molecule has 1 saturated heterocycles. The lowest BCUT2D eigenvalue weighted by Gasteiger charge is -2.33. The van der Waals surface area contributed by atoms with Gasteiger partial charge in [-0.2, -0.15) is 0 Å². The van der Waals surface area contributed by atoms with E-state index in [1.165, 1.54) is 17.3 Å². The van der Waals surface area contributed by atoms with E-state index in [2.05, 4.69) is 45.9 Å². The molecule has 2 aliphatic rings. The van der Waals surface area contributed by atoms with Gasteiger partial charge >= 0.3 is 0 Å². The first-order chi connectivity index (χ1) is 12.2. The number of hydrogen-bond acceptors (Lipinski definition) is 5. The highest BCUT2D eigenvalue weighted by molar-refractivity contribution is 8.00. The zero-order valence-electron chi connectivity index (χ0n) is 14.4. The van der Waals surface area contributed by atoms with Crippen molar-refractivity contribution in [1.29, 1.82) is 0 Å². The van der Waals surface area contributed by atoms with E-state index in [9.17, 15) is 4.79 Å².